The molecule has 1 aliphatic heterocycles. The molecule has 0 aliphatic carbocycles. The quantitative estimate of drug-likeness (QED) is 0.0813. The monoisotopic (exact) mass is 846 g/mol. The first-order chi connectivity index (χ1) is 27.6. The van der Waals surface area contributed by atoms with E-state index in [9.17, 15) is 46.8 Å². The molecule has 19 heteroatoms. The molecule has 1 aromatic heterocycles. The third-order valence-corrected chi connectivity index (χ3v) is 11.6. The van der Waals surface area contributed by atoms with Crippen LogP contribution in [0.15, 0.2) is 42.9 Å². The first-order valence-electron chi connectivity index (χ1n) is 20.0. The van der Waals surface area contributed by atoms with Gasteiger partial charge in [0.15, 0.2) is 0 Å². The van der Waals surface area contributed by atoms with E-state index in [4.69, 9.17) is 5.73 Å². The number of likely N-dealkylation sites (tertiary alicyclic amines) is 1. The summed E-state index contributed by atoms with van der Waals surface area (Å²) < 4.78 is 34.2. The van der Waals surface area contributed by atoms with Crippen LogP contribution in [0.5, 0.6) is 0 Å². The summed E-state index contributed by atoms with van der Waals surface area (Å²) in [7, 11) is -4.57. The maximum atomic E-state index is 14.2. The van der Waals surface area contributed by atoms with Gasteiger partial charge in [0, 0.05) is 43.2 Å². The minimum Gasteiger partial charge on any atom is -0.394 e. The molecule has 6 amide bonds. The second kappa shape index (κ2) is 21.4. The van der Waals surface area contributed by atoms with Gasteiger partial charge < -0.3 is 41.6 Å². The molecule has 1 saturated heterocycles. The highest BCUT2D eigenvalue weighted by Crippen LogP contribution is 2.34. The van der Waals surface area contributed by atoms with E-state index >= 15 is 0 Å². The van der Waals surface area contributed by atoms with Crippen LogP contribution in [0, 0.1) is 11.8 Å². The van der Waals surface area contributed by atoms with Gasteiger partial charge in [0.05, 0.1) is 18.7 Å². The number of hydrogen-bond acceptors (Lipinski definition) is 10. The smallest absolute Gasteiger partial charge is 0.265 e. The van der Waals surface area contributed by atoms with Crippen LogP contribution >= 0.6 is 0 Å². The maximum Gasteiger partial charge on any atom is 0.265 e. The Morgan fingerprint density at radius 1 is 0.949 bits per heavy atom. The molecule has 7 unspecified atom stereocenters. The molecular weight excluding hydrogens is 785 g/mol. The van der Waals surface area contributed by atoms with Crippen LogP contribution in [0.2, 0.25) is 0 Å². The van der Waals surface area contributed by atoms with Gasteiger partial charge in [-0.25, -0.2) is 4.98 Å². The van der Waals surface area contributed by atoms with Crippen LogP contribution in [0.3, 0.4) is 0 Å². The summed E-state index contributed by atoms with van der Waals surface area (Å²) in [5, 5.41) is 20.4. The molecule has 18 nitrogen and oxygen atoms in total. The van der Waals surface area contributed by atoms with Gasteiger partial charge >= 0.3 is 0 Å². The van der Waals surface area contributed by atoms with Crippen molar-refractivity contribution < 1.29 is 46.8 Å². The third kappa shape index (κ3) is 14.1. The SMILES string of the molecule is CCC(CC(C)(C)n1cncc1CC(NC(=O)C(CC(C)C)NC(=O)C1CCCN1C(C)=O)C(=O)NC(CO)C(=O)NC(C(N)=O)C(C)CS(=O)(=O)O)c1ccccc1. The summed E-state index contributed by atoms with van der Waals surface area (Å²) in [4.78, 5) is 85.5. The number of primary amides is 1. The van der Waals surface area contributed by atoms with Crippen molar-refractivity contribution >= 4 is 45.6 Å². The minimum absolute atomic E-state index is 0.0898. The van der Waals surface area contributed by atoms with Crippen LogP contribution in [0.25, 0.3) is 0 Å². The molecule has 0 saturated carbocycles. The van der Waals surface area contributed by atoms with E-state index in [-0.39, 0.29) is 30.6 Å². The fraction of sp³-hybridized carbons (Fsp3) is 0.625. The second-order valence-corrected chi connectivity index (χ2v) is 18.0. The van der Waals surface area contributed by atoms with Gasteiger partial charge in [-0.3, -0.25) is 33.3 Å². The Kier molecular flexibility index (Phi) is 17.6. The number of amides is 6. The summed E-state index contributed by atoms with van der Waals surface area (Å²) in [6, 6.07) is 3.45. The Hall–Kier alpha value is -4.88. The van der Waals surface area contributed by atoms with Crippen LogP contribution in [-0.2, 0) is 50.8 Å². The average Bonchev–Trinajstić information content (AvgIpc) is 3.85. The standard InChI is InChI=1S/C40H62N8O10S/c1-8-27(28-13-10-9-11-14-28)19-40(6,7)48-23-42-20-29(48)18-31(37(53)45-32(21-49)38(54)46-34(35(41)51)25(4)22-59(56,57)58)43-36(52)30(17-24(2)3)44-39(55)33-15-12-16-47(33)26(5)50/h9-11,13-14,20,23-25,27,30-34,49H,8,12,15-19,21-22H2,1-7H3,(H2,41,51)(H,43,52)(H,44,55)(H,45,53)(H,46,54)(H,56,57,58). The number of aliphatic hydroxyl groups excluding tert-OH is 1. The number of nitrogens with two attached hydrogens (primary N) is 1. The van der Waals surface area contributed by atoms with Crippen LogP contribution in [0.1, 0.15) is 97.7 Å². The van der Waals surface area contributed by atoms with Crippen LogP contribution < -0.4 is 27.0 Å². The van der Waals surface area contributed by atoms with Gasteiger partial charge in [0.2, 0.25) is 35.4 Å². The van der Waals surface area contributed by atoms with Crippen molar-refractivity contribution in [2.24, 2.45) is 17.6 Å². The van der Waals surface area contributed by atoms with Crippen molar-refractivity contribution in [3.63, 3.8) is 0 Å². The van der Waals surface area contributed by atoms with E-state index in [1.807, 2.05) is 50.5 Å². The number of benzene rings is 1. The molecule has 59 heavy (non-hydrogen) atoms. The molecule has 3 rings (SSSR count). The van der Waals surface area contributed by atoms with Gasteiger partial charge in [-0.15, -0.1) is 0 Å². The van der Waals surface area contributed by atoms with Crippen molar-refractivity contribution in [2.45, 2.75) is 129 Å². The lowest BCUT2D eigenvalue weighted by molar-refractivity contribution is -0.138. The second-order valence-electron chi connectivity index (χ2n) is 16.5. The Bertz CT molecular complexity index is 1890. The molecule has 1 aromatic carbocycles. The van der Waals surface area contributed by atoms with E-state index < -0.39 is 93.7 Å². The van der Waals surface area contributed by atoms with Crippen molar-refractivity contribution in [3.8, 4) is 0 Å². The lowest BCUT2D eigenvalue weighted by atomic mass is 9.84. The van der Waals surface area contributed by atoms with Crippen molar-refractivity contribution in [2.75, 3.05) is 18.9 Å². The van der Waals surface area contributed by atoms with Gasteiger partial charge in [-0.05, 0) is 63.4 Å². The van der Waals surface area contributed by atoms with E-state index in [1.165, 1.54) is 18.7 Å². The zero-order valence-electron chi connectivity index (χ0n) is 35.0. The van der Waals surface area contributed by atoms with Crippen molar-refractivity contribution in [1.82, 2.24) is 35.7 Å². The van der Waals surface area contributed by atoms with E-state index in [0.717, 1.165) is 12.0 Å². The molecule has 2 aromatic rings. The first-order valence-corrected chi connectivity index (χ1v) is 21.6. The lowest BCUT2D eigenvalue weighted by Gasteiger charge is -2.33. The Balaban J connectivity index is 1.97. The number of rotatable bonds is 22. The normalized spacial score (nSPS) is 17.6. The van der Waals surface area contributed by atoms with Gasteiger partial charge in [-0.2, -0.15) is 8.42 Å². The zero-order valence-corrected chi connectivity index (χ0v) is 35.8. The lowest BCUT2D eigenvalue weighted by Crippen LogP contribution is -2.60. The fourth-order valence-corrected chi connectivity index (χ4v) is 8.52. The van der Waals surface area contributed by atoms with Gasteiger partial charge in [-0.1, -0.05) is 58.0 Å². The predicted molar refractivity (Wildman–Crippen MR) is 219 cm³/mol. The predicted octanol–water partition coefficient (Wildman–Crippen LogP) is 0.742. The average molecular weight is 847 g/mol. The molecule has 0 radical (unpaired) electrons. The number of hydrogen-bond donors (Lipinski definition) is 7. The molecule has 1 aliphatic rings. The summed E-state index contributed by atoms with van der Waals surface area (Å²) in [5.74, 6) is -6.64. The molecule has 0 bridgehead atoms. The van der Waals surface area contributed by atoms with Crippen molar-refractivity contribution in [3.05, 3.63) is 54.1 Å². The Morgan fingerprint density at radius 2 is 1.56 bits per heavy atom. The first kappa shape index (κ1) is 48.5. The summed E-state index contributed by atoms with van der Waals surface area (Å²) in [6.07, 6.45) is 5.80. The summed E-state index contributed by atoms with van der Waals surface area (Å²) >= 11 is 0. The number of carbonyl (C=O) groups excluding carboxylic acids is 6. The van der Waals surface area contributed by atoms with E-state index in [1.54, 1.807) is 12.5 Å². The largest absolute Gasteiger partial charge is 0.394 e. The number of carbonyl (C=O) groups is 6. The zero-order chi connectivity index (χ0) is 44.2. The number of aliphatic hydroxyl groups is 1. The van der Waals surface area contributed by atoms with Crippen molar-refractivity contribution in [1.29, 1.82) is 0 Å². The molecule has 0 spiro atoms. The number of imidazole rings is 1. The molecule has 328 valence electrons. The molecule has 1 fully saturated rings. The van der Waals surface area contributed by atoms with E-state index in [0.29, 0.717) is 31.5 Å². The van der Waals surface area contributed by atoms with Gasteiger partial charge in [0.25, 0.3) is 10.1 Å². The number of aromatic nitrogens is 2. The highest BCUT2D eigenvalue weighted by atomic mass is 32.2. The maximum absolute atomic E-state index is 14.2. The molecule has 7 atom stereocenters. The Morgan fingerprint density at radius 3 is 2.12 bits per heavy atom. The highest BCUT2D eigenvalue weighted by molar-refractivity contribution is 7.85. The fourth-order valence-electron chi connectivity index (χ4n) is 7.66. The third-order valence-electron chi connectivity index (χ3n) is 10.7. The number of nitrogens with one attached hydrogen (secondary N) is 4. The molecular formula is C40H62N8O10S. The van der Waals surface area contributed by atoms with E-state index in [2.05, 4.69) is 45.3 Å². The topological polar surface area (TPSA) is 272 Å². The minimum atomic E-state index is -4.57. The highest BCUT2D eigenvalue weighted by Gasteiger charge is 2.37. The Labute approximate surface area is 346 Å². The molecule has 8 N–H and O–H groups in total. The summed E-state index contributed by atoms with van der Waals surface area (Å²) in [6.45, 7) is 11.9. The number of nitrogens with zero attached hydrogens (tertiary/aromatic N) is 3. The summed E-state index contributed by atoms with van der Waals surface area (Å²) in [5.41, 5.74) is 6.58. The van der Waals surface area contributed by atoms with Crippen LogP contribution in [-0.4, -0.2) is 117 Å². The molecule has 2 heterocycles. The van der Waals surface area contributed by atoms with Gasteiger partial charge in [0.1, 0.15) is 30.2 Å². The van der Waals surface area contributed by atoms with Crippen LogP contribution in [0.4, 0.5) is 0 Å².